The van der Waals surface area contributed by atoms with E-state index in [4.69, 9.17) is 4.74 Å². The Kier molecular flexibility index (Phi) is 11.2. The summed E-state index contributed by atoms with van der Waals surface area (Å²) < 4.78 is 6.29. The number of urea groups is 1. The van der Waals surface area contributed by atoms with Gasteiger partial charge in [0, 0.05) is 44.1 Å². The number of nitrogens with zero attached hydrogens (tertiary/aromatic N) is 2. The van der Waals surface area contributed by atoms with Crippen LogP contribution in [0.25, 0.3) is 0 Å². The van der Waals surface area contributed by atoms with Crippen molar-refractivity contribution in [2.45, 2.75) is 165 Å². The van der Waals surface area contributed by atoms with Gasteiger partial charge >= 0.3 is 18.0 Å². The molecule has 3 amide bonds. The van der Waals surface area contributed by atoms with Crippen molar-refractivity contribution in [2.75, 3.05) is 26.2 Å². The molecule has 6 rings (SSSR count). The minimum Gasteiger partial charge on any atom is -0.481 e. The maximum absolute atomic E-state index is 14.3. The fourth-order valence-corrected chi connectivity index (χ4v) is 14.7. The lowest BCUT2D eigenvalue weighted by Gasteiger charge is -2.73. The van der Waals surface area contributed by atoms with Gasteiger partial charge in [-0.3, -0.25) is 14.4 Å². The van der Waals surface area contributed by atoms with E-state index in [2.05, 4.69) is 53.4 Å². The summed E-state index contributed by atoms with van der Waals surface area (Å²) in [6.45, 7) is 29.3. The molecule has 310 valence electrons. The van der Waals surface area contributed by atoms with Crippen molar-refractivity contribution in [1.82, 2.24) is 15.1 Å². The molecular formula is C46H75N3O6. The first-order chi connectivity index (χ1) is 25.5. The zero-order valence-electron chi connectivity index (χ0n) is 36.2. The molecule has 55 heavy (non-hydrogen) atoms. The standard InChI is InChI=1S/C46H75N3O6/c1-29(2)31-14-19-46(26-36(50)48-22-24-49(25-23-48)40(54)47-30(3)4)21-20-44(10)32(39(31)46)12-13-34-43(9)17-16-35(42(7,8)33(43)15-18-45(34,44)11)55-38(53)28-41(5,6)27-37(51)52/h30-35,39H,1,12-28H2,2-11H3,(H,47,54)(H,51,52)/t31-,32+,33-,34+,35-,39+,43-,44+,45+,46+/m0/s1. The van der Waals surface area contributed by atoms with Gasteiger partial charge in [-0.1, -0.05) is 60.6 Å². The van der Waals surface area contributed by atoms with Gasteiger partial charge in [0.2, 0.25) is 5.91 Å². The number of ether oxygens (including phenoxy) is 1. The van der Waals surface area contributed by atoms with Crippen LogP contribution in [0.3, 0.4) is 0 Å². The molecule has 0 unspecified atom stereocenters. The Morgan fingerprint density at radius 2 is 1.47 bits per heavy atom. The molecular weight excluding hydrogens is 691 g/mol. The summed E-state index contributed by atoms with van der Waals surface area (Å²) in [7, 11) is 0. The van der Waals surface area contributed by atoms with Gasteiger partial charge in [0.05, 0.1) is 12.8 Å². The van der Waals surface area contributed by atoms with E-state index < -0.39 is 11.4 Å². The maximum Gasteiger partial charge on any atom is 0.317 e. The quantitative estimate of drug-likeness (QED) is 0.179. The summed E-state index contributed by atoms with van der Waals surface area (Å²) in [4.78, 5) is 55.5. The lowest BCUT2D eigenvalue weighted by molar-refractivity contribution is -0.250. The first kappa shape index (κ1) is 42.0. The number of carboxylic acids is 1. The molecule has 0 aromatic heterocycles. The highest BCUT2D eigenvalue weighted by molar-refractivity contribution is 5.78. The van der Waals surface area contributed by atoms with Gasteiger partial charge in [0.1, 0.15) is 6.10 Å². The van der Waals surface area contributed by atoms with E-state index in [0.29, 0.717) is 62.2 Å². The molecule has 9 heteroatoms. The van der Waals surface area contributed by atoms with Gasteiger partial charge in [0.25, 0.3) is 0 Å². The van der Waals surface area contributed by atoms with E-state index in [9.17, 15) is 24.3 Å². The molecule has 6 fully saturated rings. The predicted molar refractivity (Wildman–Crippen MR) is 216 cm³/mol. The van der Waals surface area contributed by atoms with Crippen molar-refractivity contribution < 1.29 is 29.0 Å². The number of carboxylic acid groups (broad SMARTS) is 1. The van der Waals surface area contributed by atoms with Crippen LogP contribution in [0.1, 0.15) is 153 Å². The summed E-state index contributed by atoms with van der Waals surface area (Å²) in [5.74, 6) is 1.59. The van der Waals surface area contributed by atoms with Crippen LogP contribution >= 0.6 is 0 Å². The van der Waals surface area contributed by atoms with Crippen molar-refractivity contribution in [3.05, 3.63) is 12.2 Å². The fourth-order valence-electron chi connectivity index (χ4n) is 14.7. The number of hydrogen-bond donors (Lipinski definition) is 2. The third-order valence-electron chi connectivity index (χ3n) is 17.5. The van der Waals surface area contributed by atoms with E-state index in [0.717, 1.165) is 44.9 Å². The lowest BCUT2D eigenvalue weighted by atomic mass is 9.32. The number of allylic oxidation sites excluding steroid dienone is 1. The van der Waals surface area contributed by atoms with Crippen molar-refractivity contribution in [3.8, 4) is 0 Å². The molecule has 2 N–H and O–H groups in total. The summed E-state index contributed by atoms with van der Waals surface area (Å²) in [6.07, 6.45) is 11.6. The highest BCUT2D eigenvalue weighted by Gasteiger charge is 2.71. The van der Waals surface area contributed by atoms with Crippen LogP contribution in [0, 0.1) is 62.1 Å². The molecule has 10 atom stereocenters. The average molecular weight is 766 g/mol. The number of nitrogens with one attached hydrogen (secondary N) is 1. The highest BCUT2D eigenvalue weighted by atomic mass is 16.5. The van der Waals surface area contributed by atoms with Gasteiger partial charge in [-0.05, 0) is 142 Å². The number of carbonyl (C=O) groups excluding carboxylic acids is 3. The topological polar surface area (TPSA) is 116 Å². The van der Waals surface area contributed by atoms with E-state index in [1.165, 1.54) is 24.8 Å². The normalized spacial score (nSPS) is 39.6. The molecule has 6 aliphatic rings. The Hall–Kier alpha value is -2.58. The Morgan fingerprint density at radius 1 is 0.818 bits per heavy atom. The van der Waals surface area contributed by atoms with Gasteiger partial charge in [0.15, 0.2) is 0 Å². The molecule has 9 nitrogen and oxygen atoms in total. The van der Waals surface area contributed by atoms with Crippen LogP contribution < -0.4 is 5.32 Å². The second-order valence-electron chi connectivity index (χ2n) is 21.9. The zero-order valence-corrected chi connectivity index (χ0v) is 36.2. The van der Waals surface area contributed by atoms with E-state index in [1.807, 2.05) is 37.5 Å². The molecule has 0 spiro atoms. The molecule has 0 radical (unpaired) electrons. The van der Waals surface area contributed by atoms with Gasteiger partial charge in [-0.25, -0.2) is 4.79 Å². The van der Waals surface area contributed by atoms with E-state index >= 15 is 0 Å². The zero-order chi connectivity index (χ0) is 40.5. The predicted octanol–water partition coefficient (Wildman–Crippen LogP) is 9.10. The third kappa shape index (κ3) is 7.27. The second-order valence-corrected chi connectivity index (χ2v) is 21.9. The number of fused-ring (bicyclic) bond motifs is 7. The van der Waals surface area contributed by atoms with Crippen molar-refractivity contribution >= 4 is 23.9 Å². The van der Waals surface area contributed by atoms with Gasteiger partial charge < -0.3 is 25.0 Å². The summed E-state index contributed by atoms with van der Waals surface area (Å²) >= 11 is 0. The van der Waals surface area contributed by atoms with Crippen LogP contribution in [0.5, 0.6) is 0 Å². The largest absolute Gasteiger partial charge is 0.481 e. The third-order valence-corrected chi connectivity index (χ3v) is 17.5. The minimum atomic E-state index is -0.889. The first-order valence-electron chi connectivity index (χ1n) is 21.9. The van der Waals surface area contributed by atoms with Crippen molar-refractivity contribution in [3.63, 3.8) is 0 Å². The summed E-state index contributed by atoms with van der Waals surface area (Å²) in [6, 6.07) is 0.0585. The number of piperazine rings is 1. The number of esters is 1. The van der Waals surface area contributed by atoms with Crippen LogP contribution in [-0.4, -0.2) is 77.1 Å². The van der Waals surface area contributed by atoms with Crippen LogP contribution in [-0.2, 0) is 19.1 Å². The monoisotopic (exact) mass is 766 g/mol. The molecule has 5 aliphatic carbocycles. The molecule has 0 aromatic rings. The lowest BCUT2D eigenvalue weighted by Crippen LogP contribution is -2.67. The Morgan fingerprint density at radius 3 is 2.09 bits per heavy atom. The summed E-state index contributed by atoms with van der Waals surface area (Å²) in [5.41, 5.74) is 0.942. The maximum atomic E-state index is 14.3. The van der Waals surface area contributed by atoms with Crippen molar-refractivity contribution in [1.29, 1.82) is 0 Å². The minimum absolute atomic E-state index is 0.00425. The van der Waals surface area contributed by atoms with Crippen LogP contribution in [0.2, 0.25) is 0 Å². The smallest absolute Gasteiger partial charge is 0.317 e. The van der Waals surface area contributed by atoms with Crippen molar-refractivity contribution in [2.24, 2.45) is 62.1 Å². The number of aliphatic carboxylic acids is 1. The van der Waals surface area contributed by atoms with E-state index in [1.54, 1.807) is 0 Å². The van der Waals surface area contributed by atoms with Crippen LogP contribution in [0.15, 0.2) is 12.2 Å². The highest BCUT2D eigenvalue weighted by Crippen LogP contribution is 2.78. The van der Waals surface area contributed by atoms with Gasteiger partial charge in [-0.15, -0.1) is 0 Å². The van der Waals surface area contributed by atoms with E-state index in [-0.39, 0.29) is 70.0 Å². The van der Waals surface area contributed by atoms with Crippen LogP contribution in [0.4, 0.5) is 4.79 Å². The molecule has 0 aromatic carbocycles. The van der Waals surface area contributed by atoms with Gasteiger partial charge in [-0.2, -0.15) is 0 Å². The average Bonchev–Trinajstić information content (AvgIpc) is 3.45. The molecule has 1 saturated heterocycles. The second kappa shape index (κ2) is 14.7. The molecule has 0 bridgehead atoms. The molecule has 5 saturated carbocycles. The summed E-state index contributed by atoms with van der Waals surface area (Å²) in [5, 5.41) is 12.4. The number of rotatable bonds is 9. The Labute approximate surface area is 332 Å². The molecule has 1 aliphatic heterocycles. The Bertz CT molecular complexity index is 1530. The SMILES string of the molecule is C=C(C)[C@@H]1CC[C@]2(CC(=O)N3CCN(C(=O)NC(C)C)CC3)CC[C@]3(C)[C@H](CC[C@@H]4[C@@]5(C)CC[C@H](OC(=O)CC(C)(C)CC(=O)O)C(C)(C)[C@@H]5CC[C@]43C)[C@@H]12. The fraction of sp³-hybridized carbons (Fsp3) is 0.870. The number of amides is 3. The first-order valence-corrected chi connectivity index (χ1v) is 21.9. The number of hydrogen-bond acceptors (Lipinski definition) is 5. The Balaban J connectivity index is 1.19. The molecule has 1 heterocycles. The number of carbonyl (C=O) groups is 4.